The predicted octanol–water partition coefficient (Wildman–Crippen LogP) is 2.07. The van der Waals surface area contributed by atoms with Gasteiger partial charge in [0.25, 0.3) is 5.56 Å². The van der Waals surface area contributed by atoms with Crippen molar-refractivity contribution in [1.29, 1.82) is 5.26 Å². The van der Waals surface area contributed by atoms with Gasteiger partial charge in [-0.15, -0.1) is 10.2 Å². The summed E-state index contributed by atoms with van der Waals surface area (Å²) in [4.78, 5) is 25.2. The molecule has 0 spiro atoms. The molecule has 0 saturated carbocycles. The first-order valence-electron chi connectivity index (χ1n) is 8.83. The summed E-state index contributed by atoms with van der Waals surface area (Å²) in [5.41, 5.74) is 2.14. The molecule has 2 aromatic carbocycles. The summed E-state index contributed by atoms with van der Waals surface area (Å²) in [5.74, 6) is 0.188. The average Bonchev–Trinajstić information content (AvgIpc) is 3.16. The van der Waals surface area contributed by atoms with Crippen LogP contribution >= 0.6 is 11.8 Å². The highest BCUT2D eigenvalue weighted by molar-refractivity contribution is 7.99. The van der Waals surface area contributed by atoms with Crippen molar-refractivity contribution >= 4 is 34.3 Å². The minimum Gasteiger partial charge on any atom is -0.342 e. The summed E-state index contributed by atoms with van der Waals surface area (Å²) in [7, 11) is 0. The van der Waals surface area contributed by atoms with Crippen molar-refractivity contribution in [2.45, 2.75) is 12.1 Å². The van der Waals surface area contributed by atoms with Crippen LogP contribution in [0.1, 0.15) is 5.56 Å². The van der Waals surface area contributed by atoms with Crippen LogP contribution in [0.2, 0.25) is 0 Å². The smallest absolute Gasteiger partial charge is 0.267 e. The quantitative estimate of drug-likeness (QED) is 0.403. The molecule has 29 heavy (non-hydrogen) atoms. The number of hydrogen-bond donors (Lipinski definition) is 1. The van der Waals surface area contributed by atoms with Crippen LogP contribution in [-0.2, 0) is 4.79 Å². The largest absolute Gasteiger partial charge is 0.342 e. The first-order valence-corrected chi connectivity index (χ1v) is 9.81. The highest BCUT2D eigenvalue weighted by Gasteiger charge is 2.19. The molecule has 1 N–H and O–H groups in total. The molecule has 0 aliphatic rings. The van der Waals surface area contributed by atoms with Gasteiger partial charge < -0.3 is 5.32 Å². The average molecular weight is 404 g/mol. The fraction of sp³-hybridized carbons (Fsp3) is 0.150. The van der Waals surface area contributed by atoms with E-state index >= 15 is 0 Å². The summed E-state index contributed by atoms with van der Waals surface area (Å²) in [6, 6.07) is 16.7. The van der Waals surface area contributed by atoms with Crippen molar-refractivity contribution in [1.82, 2.24) is 24.5 Å². The number of carbonyl (C=O) groups is 1. The Kier molecular flexibility index (Phi) is 5.01. The predicted molar refractivity (Wildman–Crippen MR) is 110 cm³/mol. The summed E-state index contributed by atoms with van der Waals surface area (Å²) in [5, 5.41) is 20.6. The first-order chi connectivity index (χ1) is 14.1. The number of thioether (sulfide) groups is 1. The Morgan fingerprint density at radius 3 is 2.72 bits per heavy atom. The molecule has 4 aromatic rings. The standard InChI is InChI=1S/C20H16N6O2S/c1-13-6-2-4-8-15(13)25-18(28)14-7-3-5-9-16(14)26-19(25)23-24-20(26)29-12-17(27)22-11-10-21/h2-9H,11-12H2,1H3,(H,22,27). The highest BCUT2D eigenvalue weighted by Crippen LogP contribution is 2.24. The number of aromatic nitrogens is 4. The molecule has 0 aliphatic heterocycles. The lowest BCUT2D eigenvalue weighted by Gasteiger charge is -2.13. The number of rotatable bonds is 5. The monoisotopic (exact) mass is 404 g/mol. The summed E-state index contributed by atoms with van der Waals surface area (Å²) in [6.07, 6.45) is 0. The number of nitrogens with one attached hydrogen (secondary N) is 1. The Balaban J connectivity index is 1.92. The van der Waals surface area contributed by atoms with E-state index in [0.29, 0.717) is 21.8 Å². The lowest BCUT2D eigenvalue weighted by Crippen LogP contribution is -2.25. The van der Waals surface area contributed by atoms with Gasteiger partial charge in [-0.1, -0.05) is 42.1 Å². The molecule has 9 heteroatoms. The summed E-state index contributed by atoms with van der Waals surface area (Å²) >= 11 is 1.20. The molecular weight excluding hydrogens is 388 g/mol. The van der Waals surface area contributed by atoms with Gasteiger partial charge in [-0.3, -0.25) is 14.0 Å². The van der Waals surface area contributed by atoms with Gasteiger partial charge in [0, 0.05) is 0 Å². The van der Waals surface area contributed by atoms with Crippen LogP contribution < -0.4 is 10.9 Å². The Bertz CT molecular complexity index is 1330. The van der Waals surface area contributed by atoms with Crippen molar-refractivity contribution in [2.24, 2.45) is 0 Å². The van der Waals surface area contributed by atoms with Crippen molar-refractivity contribution < 1.29 is 4.79 Å². The van der Waals surface area contributed by atoms with E-state index in [4.69, 9.17) is 5.26 Å². The normalized spacial score (nSPS) is 10.9. The number of carbonyl (C=O) groups excluding carboxylic acids is 1. The van der Waals surface area contributed by atoms with Crippen LogP contribution in [0.4, 0.5) is 0 Å². The van der Waals surface area contributed by atoms with Gasteiger partial charge in [-0.2, -0.15) is 5.26 Å². The maximum Gasteiger partial charge on any atom is 0.267 e. The molecule has 0 fully saturated rings. The minimum absolute atomic E-state index is 0.0459. The van der Waals surface area contributed by atoms with Crippen LogP contribution in [0.15, 0.2) is 58.5 Å². The molecule has 2 aromatic heterocycles. The molecule has 0 radical (unpaired) electrons. The maximum absolute atomic E-state index is 13.3. The van der Waals surface area contributed by atoms with E-state index in [-0.39, 0.29) is 23.8 Å². The molecule has 0 unspecified atom stereocenters. The minimum atomic E-state index is -0.273. The van der Waals surface area contributed by atoms with E-state index in [2.05, 4.69) is 15.5 Å². The Hall–Kier alpha value is -3.64. The third-order valence-corrected chi connectivity index (χ3v) is 5.38. The van der Waals surface area contributed by atoms with Crippen LogP contribution in [0, 0.1) is 18.3 Å². The number of aryl methyl sites for hydroxylation is 1. The zero-order valence-electron chi connectivity index (χ0n) is 15.5. The van der Waals surface area contributed by atoms with Crippen molar-refractivity contribution in [3.8, 4) is 11.8 Å². The third kappa shape index (κ3) is 3.34. The van der Waals surface area contributed by atoms with Crippen LogP contribution in [0.3, 0.4) is 0 Å². The molecule has 1 amide bonds. The Labute approximate surface area is 169 Å². The second-order valence-electron chi connectivity index (χ2n) is 6.29. The second-order valence-corrected chi connectivity index (χ2v) is 7.23. The Morgan fingerprint density at radius 2 is 1.93 bits per heavy atom. The summed E-state index contributed by atoms with van der Waals surface area (Å²) in [6.45, 7) is 1.88. The lowest BCUT2D eigenvalue weighted by molar-refractivity contribution is -0.118. The topological polar surface area (TPSA) is 105 Å². The fourth-order valence-corrected chi connectivity index (χ4v) is 3.89. The van der Waals surface area contributed by atoms with Gasteiger partial charge in [0.05, 0.1) is 28.4 Å². The van der Waals surface area contributed by atoms with Crippen molar-refractivity contribution in [3.63, 3.8) is 0 Å². The lowest BCUT2D eigenvalue weighted by atomic mass is 10.2. The summed E-state index contributed by atoms with van der Waals surface area (Å²) < 4.78 is 3.33. The van der Waals surface area contributed by atoms with E-state index in [9.17, 15) is 9.59 Å². The molecule has 0 atom stereocenters. The molecule has 0 saturated heterocycles. The zero-order valence-corrected chi connectivity index (χ0v) is 16.3. The number of fused-ring (bicyclic) bond motifs is 3. The number of nitrogens with zero attached hydrogens (tertiary/aromatic N) is 5. The van der Waals surface area contributed by atoms with Gasteiger partial charge in [-0.25, -0.2) is 4.57 Å². The third-order valence-electron chi connectivity index (χ3n) is 4.45. The van der Waals surface area contributed by atoms with Crippen LogP contribution in [0.25, 0.3) is 22.4 Å². The van der Waals surface area contributed by atoms with Gasteiger partial charge in [0.1, 0.15) is 6.54 Å². The van der Waals surface area contributed by atoms with Crippen LogP contribution in [0.5, 0.6) is 0 Å². The van der Waals surface area contributed by atoms with E-state index in [1.165, 1.54) is 11.8 Å². The fourth-order valence-electron chi connectivity index (χ4n) is 3.12. The first kappa shape index (κ1) is 18.7. The van der Waals surface area contributed by atoms with Crippen LogP contribution in [-0.4, -0.2) is 37.4 Å². The zero-order chi connectivity index (χ0) is 20.4. The number of para-hydroxylation sites is 2. The highest BCUT2D eigenvalue weighted by atomic mass is 32.2. The van der Waals surface area contributed by atoms with E-state index in [1.807, 2.05) is 55.5 Å². The molecule has 0 aliphatic carbocycles. The van der Waals surface area contributed by atoms with Gasteiger partial charge in [-0.05, 0) is 30.7 Å². The molecule has 144 valence electrons. The number of hydrogen-bond acceptors (Lipinski definition) is 6. The SMILES string of the molecule is Cc1ccccc1-n1c(=O)c2ccccc2n2c(SCC(=O)NCC#N)nnc12. The molecule has 0 bridgehead atoms. The number of nitriles is 1. The molecular formula is C20H16N6O2S. The number of amides is 1. The molecule has 2 heterocycles. The molecule has 4 rings (SSSR count). The van der Waals surface area contributed by atoms with E-state index in [1.54, 1.807) is 15.0 Å². The van der Waals surface area contributed by atoms with Gasteiger partial charge in [0.15, 0.2) is 5.16 Å². The van der Waals surface area contributed by atoms with E-state index in [0.717, 1.165) is 11.3 Å². The van der Waals surface area contributed by atoms with E-state index < -0.39 is 0 Å². The van der Waals surface area contributed by atoms with Crippen molar-refractivity contribution in [3.05, 3.63) is 64.4 Å². The van der Waals surface area contributed by atoms with Gasteiger partial charge in [0.2, 0.25) is 11.7 Å². The van der Waals surface area contributed by atoms with Crippen molar-refractivity contribution in [2.75, 3.05) is 12.3 Å². The number of benzene rings is 2. The maximum atomic E-state index is 13.3. The van der Waals surface area contributed by atoms with Gasteiger partial charge >= 0.3 is 0 Å². The second kappa shape index (κ2) is 7.77. The Morgan fingerprint density at radius 1 is 1.17 bits per heavy atom. The molecule has 8 nitrogen and oxygen atoms in total.